The van der Waals surface area contributed by atoms with E-state index in [1.165, 1.54) is 11.3 Å². The second-order valence-corrected chi connectivity index (χ2v) is 4.14. The highest BCUT2D eigenvalue weighted by Crippen LogP contribution is 2.19. The predicted molar refractivity (Wildman–Crippen MR) is 64.0 cm³/mol. The molecule has 82 valence electrons. The highest BCUT2D eigenvalue weighted by atomic mass is 15.3. The largest absolute Gasteiger partial charge is 0.311 e. The minimum Gasteiger partial charge on any atom is -0.311 e. The van der Waals surface area contributed by atoms with Gasteiger partial charge in [0, 0.05) is 18.7 Å². The zero-order valence-electron chi connectivity index (χ0n) is 9.19. The van der Waals surface area contributed by atoms with Crippen LogP contribution in [0.15, 0.2) is 36.4 Å². The van der Waals surface area contributed by atoms with E-state index in [2.05, 4.69) is 45.4 Å². The third-order valence-corrected chi connectivity index (χ3v) is 2.96. The van der Waals surface area contributed by atoms with Gasteiger partial charge in [-0.25, -0.2) is 0 Å². The lowest BCUT2D eigenvalue weighted by Crippen LogP contribution is -2.11. The van der Waals surface area contributed by atoms with E-state index in [0.717, 1.165) is 31.7 Å². The molecule has 1 aliphatic heterocycles. The van der Waals surface area contributed by atoms with Crippen molar-refractivity contribution in [3.8, 4) is 11.3 Å². The lowest BCUT2D eigenvalue weighted by Gasteiger charge is -1.99. The van der Waals surface area contributed by atoms with E-state index in [4.69, 9.17) is 0 Å². The summed E-state index contributed by atoms with van der Waals surface area (Å²) in [5.74, 6) is 0. The SMILES string of the molecule is c1ccc(-c2cc3n(n2)CCCNC3)cc1. The van der Waals surface area contributed by atoms with Crippen molar-refractivity contribution in [2.75, 3.05) is 6.54 Å². The van der Waals surface area contributed by atoms with Crippen LogP contribution in [0, 0.1) is 0 Å². The maximum Gasteiger partial charge on any atom is 0.0926 e. The number of hydrogen-bond donors (Lipinski definition) is 1. The van der Waals surface area contributed by atoms with Gasteiger partial charge < -0.3 is 5.32 Å². The lowest BCUT2D eigenvalue weighted by molar-refractivity contribution is 0.589. The molecule has 1 aliphatic rings. The van der Waals surface area contributed by atoms with Crippen LogP contribution in [0.5, 0.6) is 0 Å². The van der Waals surface area contributed by atoms with E-state index in [1.807, 2.05) is 6.07 Å². The molecule has 0 amide bonds. The fourth-order valence-electron chi connectivity index (χ4n) is 2.11. The first kappa shape index (κ1) is 9.60. The topological polar surface area (TPSA) is 29.9 Å². The van der Waals surface area contributed by atoms with Gasteiger partial charge in [-0.05, 0) is 19.0 Å². The maximum absolute atomic E-state index is 4.66. The van der Waals surface area contributed by atoms with Crippen molar-refractivity contribution in [3.63, 3.8) is 0 Å². The quantitative estimate of drug-likeness (QED) is 0.785. The van der Waals surface area contributed by atoms with Crippen LogP contribution in [0.25, 0.3) is 11.3 Å². The van der Waals surface area contributed by atoms with Crippen LogP contribution >= 0.6 is 0 Å². The average Bonchev–Trinajstić information content (AvgIpc) is 2.62. The Balaban J connectivity index is 1.98. The molecule has 3 rings (SSSR count). The third kappa shape index (κ3) is 1.74. The standard InChI is InChI=1S/C13H15N3/c1-2-5-11(6-3-1)13-9-12-10-14-7-4-8-16(12)15-13/h1-3,5-6,9,14H,4,7-8,10H2. The number of benzene rings is 1. The molecule has 0 atom stereocenters. The van der Waals surface area contributed by atoms with Gasteiger partial charge >= 0.3 is 0 Å². The van der Waals surface area contributed by atoms with Crippen LogP contribution in [0.1, 0.15) is 12.1 Å². The highest BCUT2D eigenvalue weighted by molar-refractivity contribution is 5.59. The molecule has 1 N–H and O–H groups in total. The number of aromatic nitrogens is 2. The third-order valence-electron chi connectivity index (χ3n) is 2.96. The van der Waals surface area contributed by atoms with E-state index < -0.39 is 0 Å². The van der Waals surface area contributed by atoms with Gasteiger partial charge in [0.15, 0.2) is 0 Å². The van der Waals surface area contributed by atoms with Gasteiger partial charge in [-0.3, -0.25) is 4.68 Å². The van der Waals surface area contributed by atoms with Crippen LogP contribution < -0.4 is 5.32 Å². The Morgan fingerprint density at radius 1 is 1.19 bits per heavy atom. The van der Waals surface area contributed by atoms with E-state index >= 15 is 0 Å². The van der Waals surface area contributed by atoms with Crippen LogP contribution in [0.3, 0.4) is 0 Å². The van der Waals surface area contributed by atoms with Crippen molar-refractivity contribution >= 4 is 0 Å². The first-order valence-corrected chi connectivity index (χ1v) is 5.76. The molecule has 0 spiro atoms. The van der Waals surface area contributed by atoms with E-state index in [9.17, 15) is 0 Å². The number of nitrogens with one attached hydrogen (secondary N) is 1. The Hall–Kier alpha value is -1.61. The molecule has 0 fully saturated rings. The number of fused-ring (bicyclic) bond motifs is 1. The molecule has 3 heteroatoms. The van der Waals surface area contributed by atoms with E-state index in [0.29, 0.717) is 0 Å². The molecule has 0 radical (unpaired) electrons. The summed E-state index contributed by atoms with van der Waals surface area (Å²) in [7, 11) is 0. The predicted octanol–water partition coefficient (Wildman–Crippen LogP) is 2.04. The first-order valence-electron chi connectivity index (χ1n) is 5.76. The minimum absolute atomic E-state index is 0.930. The van der Waals surface area contributed by atoms with Gasteiger partial charge in [-0.2, -0.15) is 5.10 Å². The Bertz CT molecular complexity index is 450. The van der Waals surface area contributed by atoms with Gasteiger partial charge in [0.25, 0.3) is 0 Å². The van der Waals surface area contributed by atoms with E-state index in [-0.39, 0.29) is 0 Å². The molecular formula is C13H15N3. The van der Waals surface area contributed by atoms with Crippen LogP contribution in [-0.4, -0.2) is 16.3 Å². The van der Waals surface area contributed by atoms with Crippen molar-refractivity contribution in [2.24, 2.45) is 0 Å². The molecule has 0 aliphatic carbocycles. The summed E-state index contributed by atoms with van der Waals surface area (Å²) >= 11 is 0. The minimum atomic E-state index is 0.930. The van der Waals surface area contributed by atoms with Crippen LogP contribution in [-0.2, 0) is 13.1 Å². The molecule has 0 saturated heterocycles. The first-order chi connectivity index (χ1) is 7.93. The Morgan fingerprint density at radius 3 is 2.94 bits per heavy atom. The van der Waals surface area contributed by atoms with Gasteiger partial charge in [0.05, 0.1) is 11.4 Å². The molecule has 1 aromatic heterocycles. The number of aryl methyl sites for hydroxylation is 1. The average molecular weight is 213 g/mol. The molecule has 16 heavy (non-hydrogen) atoms. The fourth-order valence-corrected chi connectivity index (χ4v) is 2.11. The zero-order chi connectivity index (χ0) is 10.8. The molecule has 0 saturated carbocycles. The molecule has 1 aromatic carbocycles. The molecule has 0 bridgehead atoms. The van der Waals surface area contributed by atoms with Crippen molar-refractivity contribution < 1.29 is 0 Å². The summed E-state index contributed by atoms with van der Waals surface area (Å²) in [5.41, 5.74) is 3.57. The molecule has 2 aromatic rings. The summed E-state index contributed by atoms with van der Waals surface area (Å²) in [5, 5.41) is 8.07. The maximum atomic E-state index is 4.66. The number of rotatable bonds is 1. The van der Waals surface area contributed by atoms with Crippen LogP contribution in [0.2, 0.25) is 0 Å². The van der Waals surface area contributed by atoms with Crippen molar-refractivity contribution in [1.82, 2.24) is 15.1 Å². The second-order valence-electron chi connectivity index (χ2n) is 4.14. The van der Waals surface area contributed by atoms with Gasteiger partial charge in [0.2, 0.25) is 0 Å². The van der Waals surface area contributed by atoms with E-state index in [1.54, 1.807) is 0 Å². The van der Waals surface area contributed by atoms with Gasteiger partial charge in [-0.1, -0.05) is 30.3 Å². The molecular weight excluding hydrogens is 198 g/mol. The summed E-state index contributed by atoms with van der Waals surface area (Å²) in [6.07, 6.45) is 1.16. The summed E-state index contributed by atoms with van der Waals surface area (Å²) in [4.78, 5) is 0. The Morgan fingerprint density at radius 2 is 2.06 bits per heavy atom. The monoisotopic (exact) mass is 213 g/mol. The van der Waals surface area contributed by atoms with Crippen LogP contribution in [0.4, 0.5) is 0 Å². The molecule has 2 heterocycles. The number of nitrogens with zero attached hydrogens (tertiary/aromatic N) is 2. The number of hydrogen-bond acceptors (Lipinski definition) is 2. The second kappa shape index (κ2) is 4.10. The zero-order valence-corrected chi connectivity index (χ0v) is 9.19. The molecule has 3 nitrogen and oxygen atoms in total. The highest BCUT2D eigenvalue weighted by Gasteiger charge is 2.11. The lowest BCUT2D eigenvalue weighted by atomic mass is 10.1. The summed E-state index contributed by atoms with van der Waals surface area (Å²) in [6, 6.07) is 12.5. The Labute approximate surface area is 95.1 Å². The van der Waals surface area contributed by atoms with Crippen molar-refractivity contribution in [2.45, 2.75) is 19.5 Å². The van der Waals surface area contributed by atoms with Crippen molar-refractivity contribution in [1.29, 1.82) is 0 Å². The van der Waals surface area contributed by atoms with Gasteiger partial charge in [-0.15, -0.1) is 0 Å². The fraction of sp³-hybridized carbons (Fsp3) is 0.308. The van der Waals surface area contributed by atoms with Gasteiger partial charge in [0.1, 0.15) is 0 Å². The Kier molecular flexibility index (Phi) is 2.46. The summed E-state index contributed by atoms with van der Waals surface area (Å²) in [6.45, 7) is 3.04. The summed E-state index contributed by atoms with van der Waals surface area (Å²) < 4.78 is 2.13. The molecule has 0 unspecified atom stereocenters. The smallest absolute Gasteiger partial charge is 0.0926 e. The van der Waals surface area contributed by atoms with Crippen molar-refractivity contribution in [3.05, 3.63) is 42.1 Å². The normalized spacial score (nSPS) is 15.5.